The van der Waals surface area contributed by atoms with Crippen molar-refractivity contribution in [3.05, 3.63) is 59.1 Å². The van der Waals surface area contributed by atoms with E-state index in [1.807, 2.05) is 54.6 Å². The van der Waals surface area contributed by atoms with Crippen LogP contribution in [0.5, 0.6) is 0 Å². The summed E-state index contributed by atoms with van der Waals surface area (Å²) in [7, 11) is -3.17. The zero-order valence-electron chi connectivity index (χ0n) is 12.7. The van der Waals surface area contributed by atoms with Crippen LogP contribution in [0.1, 0.15) is 0 Å². The van der Waals surface area contributed by atoms with E-state index in [-0.39, 0.29) is 29.6 Å². The van der Waals surface area contributed by atoms with Gasteiger partial charge in [-0.1, -0.05) is 40.2 Å². The Hall–Kier alpha value is -1.86. The molecule has 2 saturated heterocycles. The van der Waals surface area contributed by atoms with Crippen LogP contribution in [-0.4, -0.2) is 38.0 Å². The van der Waals surface area contributed by atoms with Crippen LogP contribution in [-0.2, 0) is 9.84 Å². The predicted molar refractivity (Wildman–Crippen MR) is 97.2 cm³/mol. The van der Waals surface area contributed by atoms with Crippen molar-refractivity contribution in [3.8, 4) is 0 Å². The molecule has 0 aliphatic carbocycles. The number of fused-ring (bicyclic) bond motifs is 1. The topological polar surface area (TPSA) is 57.7 Å². The molecule has 5 nitrogen and oxygen atoms in total. The van der Waals surface area contributed by atoms with Crippen molar-refractivity contribution in [1.29, 1.82) is 0 Å². The summed E-state index contributed by atoms with van der Waals surface area (Å²) in [6, 6.07) is 15.7. The highest BCUT2D eigenvalue weighted by atomic mass is 79.9. The Bertz CT molecular complexity index is 901. The molecule has 0 aromatic heterocycles. The molecule has 124 valence electrons. The van der Waals surface area contributed by atoms with Crippen LogP contribution in [0.4, 0.5) is 16.2 Å². The number of hydrogen-bond acceptors (Lipinski definition) is 3. The van der Waals surface area contributed by atoms with Gasteiger partial charge >= 0.3 is 6.03 Å². The molecule has 2 aromatic rings. The smallest absolute Gasteiger partial charge is 0.288 e. The molecule has 2 heterocycles. The van der Waals surface area contributed by atoms with Gasteiger partial charge < -0.3 is 0 Å². The van der Waals surface area contributed by atoms with Gasteiger partial charge in [0, 0.05) is 15.8 Å². The van der Waals surface area contributed by atoms with E-state index in [9.17, 15) is 13.2 Å². The van der Waals surface area contributed by atoms with E-state index in [4.69, 9.17) is 0 Å². The third-order valence-corrected chi connectivity index (χ3v) is 6.68. The van der Waals surface area contributed by atoms with Gasteiger partial charge in [-0.2, -0.15) is 0 Å². The summed E-state index contributed by atoms with van der Waals surface area (Å²) in [5.41, 5.74) is 1.44. The van der Waals surface area contributed by atoms with Crippen LogP contribution in [0, 0.1) is 0 Å². The summed E-state index contributed by atoms with van der Waals surface area (Å²) in [5, 5.41) is 0. The Morgan fingerprint density at radius 3 is 2.08 bits per heavy atom. The summed E-state index contributed by atoms with van der Waals surface area (Å²) in [5.74, 6) is 0.00204. The van der Waals surface area contributed by atoms with E-state index < -0.39 is 9.84 Å². The standard InChI is InChI=1S/C17H15BrN2O3S/c18-12-5-4-8-14(9-12)20-16-11-24(22,23)10-15(16)19(17(20)21)13-6-2-1-3-7-13/h1-9,15-16H,10-11H2/t15-,16-/m0/s1. The molecule has 4 rings (SSSR count). The molecule has 0 unspecified atom stereocenters. The van der Waals surface area contributed by atoms with Gasteiger partial charge in [-0.15, -0.1) is 0 Å². The Labute approximate surface area is 148 Å². The lowest BCUT2D eigenvalue weighted by Crippen LogP contribution is -2.37. The number of anilines is 2. The maximum Gasteiger partial charge on any atom is 0.329 e. The Kier molecular flexibility index (Phi) is 3.65. The van der Waals surface area contributed by atoms with Crippen molar-refractivity contribution in [1.82, 2.24) is 0 Å². The second-order valence-electron chi connectivity index (χ2n) is 6.05. The van der Waals surface area contributed by atoms with Gasteiger partial charge in [-0.05, 0) is 30.3 Å². The fourth-order valence-electron chi connectivity index (χ4n) is 3.52. The van der Waals surface area contributed by atoms with Crippen LogP contribution < -0.4 is 9.80 Å². The molecule has 24 heavy (non-hydrogen) atoms. The highest BCUT2D eigenvalue weighted by molar-refractivity contribution is 9.10. The van der Waals surface area contributed by atoms with Crippen LogP contribution in [0.3, 0.4) is 0 Å². The summed E-state index contributed by atoms with van der Waals surface area (Å²) >= 11 is 3.41. The number of benzene rings is 2. The summed E-state index contributed by atoms with van der Waals surface area (Å²) < 4.78 is 25.2. The van der Waals surface area contributed by atoms with E-state index in [0.717, 1.165) is 10.2 Å². The molecule has 7 heteroatoms. The highest BCUT2D eigenvalue weighted by Gasteiger charge is 2.54. The second kappa shape index (κ2) is 5.60. The maximum absolute atomic E-state index is 13.1. The van der Waals surface area contributed by atoms with Crippen molar-refractivity contribution in [3.63, 3.8) is 0 Å². The maximum atomic E-state index is 13.1. The molecule has 2 amide bonds. The van der Waals surface area contributed by atoms with Crippen molar-refractivity contribution in [2.24, 2.45) is 0 Å². The first kappa shape index (κ1) is 15.7. The van der Waals surface area contributed by atoms with Crippen LogP contribution in [0.15, 0.2) is 59.1 Å². The zero-order chi connectivity index (χ0) is 16.9. The quantitative estimate of drug-likeness (QED) is 0.720. The predicted octanol–water partition coefficient (Wildman–Crippen LogP) is 3.06. The number of carbonyl (C=O) groups is 1. The molecule has 2 aromatic carbocycles. The van der Waals surface area contributed by atoms with E-state index in [0.29, 0.717) is 5.69 Å². The number of urea groups is 1. The van der Waals surface area contributed by atoms with Gasteiger partial charge in [-0.3, -0.25) is 9.80 Å². The van der Waals surface area contributed by atoms with Gasteiger partial charge in [0.05, 0.1) is 23.6 Å². The molecular weight excluding hydrogens is 392 g/mol. The van der Waals surface area contributed by atoms with Crippen molar-refractivity contribution >= 4 is 43.2 Å². The molecule has 0 spiro atoms. The van der Waals surface area contributed by atoms with E-state index >= 15 is 0 Å². The number of rotatable bonds is 2. The van der Waals surface area contributed by atoms with Crippen LogP contribution >= 0.6 is 15.9 Å². The fourth-order valence-corrected chi connectivity index (χ4v) is 5.83. The first-order chi connectivity index (χ1) is 11.5. The lowest BCUT2D eigenvalue weighted by molar-refractivity contribution is 0.255. The second-order valence-corrected chi connectivity index (χ2v) is 9.12. The average molecular weight is 407 g/mol. The third kappa shape index (κ3) is 2.52. The van der Waals surface area contributed by atoms with Gasteiger partial charge in [-0.25, -0.2) is 13.2 Å². The number of carbonyl (C=O) groups excluding carboxylic acids is 1. The molecule has 2 aliphatic rings. The minimum atomic E-state index is -3.17. The normalized spacial score (nSPS) is 25.1. The molecular formula is C17H15BrN2O3S. The lowest BCUT2D eigenvalue weighted by Gasteiger charge is -2.22. The first-order valence-corrected chi connectivity index (χ1v) is 10.2. The molecule has 0 bridgehead atoms. The van der Waals surface area contributed by atoms with Gasteiger partial charge in [0.15, 0.2) is 9.84 Å². The molecule has 2 fully saturated rings. The minimum absolute atomic E-state index is 0.000741. The highest BCUT2D eigenvalue weighted by Crippen LogP contribution is 2.38. The molecule has 0 N–H and O–H groups in total. The molecule has 0 saturated carbocycles. The van der Waals surface area contributed by atoms with E-state index in [2.05, 4.69) is 15.9 Å². The summed E-state index contributed by atoms with van der Waals surface area (Å²) in [6.45, 7) is 0. The zero-order valence-corrected chi connectivity index (χ0v) is 15.1. The Morgan fingerprint density at radius 1 is 0.875 bits per heavy atom. The fraction of sp³-hybridized carbons (Fsp3) is 0.235. The lowest BCUT2D eigenvalue weighted by atomic mass is 10.1. The first-order valence-electron chi connectivity index (χ1n) is 7.60. The number of halogens is 1. The van der Waals surface area contributed by atoms with E-state index in [1.54, 1.807) is 9.80 Å². The number of nitrogens with zero attached hydrogens (tertiary/aromatic N) is 2. The number of amides is 2. The summed E-state index contributed by atoms with van der Waals surface area (Å²) in [4.78, 5) is 16.3. The largest absolute Gasteiger partial charge is 0.329 e. The number of sulfone groups is 1. The van der Waals surface area contributed by atoms with Gasteiger partial charge in [0.25, 0.3) is 0 Å². The third-order valence-electron chi connectivity index (χ3n) is 4.49. The van der Waals surface area contributed by atoms with Crippen molar-refractivity contribution < 1.29 is 13.2 Å². The van der Waals surface area contributed by atoms with Crippen LogP contribution in [0.2, 0.25) is 0 Å². The Morgan fingerprint density at radius 2 is 1.46 bits per heavy atom. The van der Waals surface area contributed by atoms with Gasteiger partial charge in [0.1, 0.15) is 0 Å². The molecule has 2 aliphatic heterocycles. The van der Waals surface area contributed by atoms with Crippen molar-refractivity contribution in [2.75, 3.05) is 21.3 Å². The van der Waals surface area contributed by atoms with E-state index in [1.165, 1.54) is 0 Å². The number of hydrogen-bond donors (Lipinski definition) is 0. The minimum Gasteiger partial charge on any atom is -0.288 e. The molecule has 2 atom stereocenters. The summed E-state index contributed by atoms with van der Waals surface area (Å²) in [6.07, 6.45) is 0. The SMILES string of the molecule is O=C1N(c2ccccc2)[C@H]2CS(=O)(=O)C[C@@H]2N1c1cccc(Br)c1. The average Bonchev–Trinajstić information content (AvgIpc) is 2.96. The Balaban J connectivity index is 1.82. The van der Waals surface area contributed by atoms with Gasteiger partial charge in [0.2, 0.25) is 0 Å². The molecule has 0 radical (unpaired) electrons. The number of para-hydroxylation sites is 1. The monoisotopic (exact) mass is 406 g/mol. The van der Waals surface area contributed by atoms with Crippen LogP contribution in [0.25, 0.3) is 0 Å². The van der Waals surface area contributed by atoms with Crippen molar-refractivity contribution in [2.45, 2.75) is 12.1 Å².